The summed E-state index contributed by atoms with van der Waals surface area (Å²) in [4.78, 5) is 12.1. The third-order valence-corrected chi connectivity index (χ3v) is 5.95. The van der Waals surface area contributed by atoms with Crippen LogP contribution in [0, 0.1) is 0 Å². The van der Waals surface area contributed by atoms with E-state index < -0.39 is 16.0 Å². The molecule has 0 aliphatic rings. The lowest BCUT2D eigenvalue weighted by molar-refractivity contribution is 0.0599. The molecule has 1 aromatic carbocycles. The molecule has 22 heavy (non-hydrogen) atoms. The first-order valence-corrected chi connectivity index (χ1v) is 8.83. The Kier molecular flexibility index (Phi) is 4.77. The van der Waals surface area contributed by atoms with Gasteiger partial charge in [0.05, 0.1) is 17.6 Å². The number of halogens is 1. The largest absolute Gasteiger partial charge is 0.465 e. The number of aromatic nitrogens is 1. The predicted octanol–water partition coefficient (Wildman–Crippen LogP) is 3.40. The molecule has 0 aliphatic heterocycles. The van der Waals surface area contributed by atoms with Crippen molar-refractivity contribution in [2.24, 2.45) is 0 Å². The van der Waals surface area contributed by atoms with Crippen LogP contribution < -0.4 is 0 Å². The number of carbonyl (C=O) groups excluding carboxylic acids is 1. The van der Waals surface area contributed by atoms with Crippen molar-refractivity contribution in [2.45, 2.75) is 24.7 Å². The molecule has 7 heteroatoms. The first kappa shape index (κ1) is 16.8. The predicted molar refractivity (Wildman–Crippen MR) is 86.6 cm³/mol. The zero-order valence-corrected chi connectivity index (χ0v) is 14.8. The molecule has 0 saturated carbocycles. The summed E-state index contributed by atoms with van der Waals surface area (Å²) >= 11 is 3.31. The van der Waals surface area contributed by atoms with Gasteiger partial charge >= 0.3 is 5.97 Å². The standard InChI is InChI=1S/C15H16BrNO4S/c1-10(2)13-12(15(18)21-3)9-17(14(13)16)22(19,20)11-7-5-4-6-8-11/h4-10H,1-3H3. The van der Waals surface area contributed by atoms with E-state index in [1.165, 1.54) is 25.4 Å². The van der Waals surface area contributed by atoms with Crippen molar-refractivity contribution in [3.8, 4) is 0 Å². The van der Waals surface area contributed by atoms with E-state index in [-0.39, 0.29) is 16.4 Å². The molecular formula is C15H16BrNO4S. The van der Waals surface area contributed by atoms with Crippen LogP contribution in [0.5, 0.6) is 0 Å². The molecule has 5 nitrogen and oxygen atoms in total. The Morgan fingerprint density at radius 1 is 1.23 bits per heavy atom. The average molecular weight is 386 g/mol. The van der Waals surface area contributed by atoms with Crippen LogP contribution in [0.1, 0.15) is 35.7 Å². The summed E-state index contributed by atoms with van der Waals surface area (Å²) in [5.74, 6) is -0.609. The van der Waals surface area contributed by atoms with Crippen molar-refractivity contribution in [1.29, 1.82) is 0 Å². The lowest BCUT2D eigenvalue weighted by atomic mass is 10.0. The molecule has 0 aliphatic carbocycles. The highest BCUT2D eigenvalue weighted by Gasteiger charge is 2.28. The molecular weight excluding hydrogens is 370 g/mol. The van der Waals surface area contributed by atoms with Crippen LogP contribution >= 0.6 is 15.9 Å². The minimum Gasteiger partial charge on any atom is -0.465 e. The molecule has 118 valence electrons. The lowest BCUT2D eigenvalue weighted by Gasteiger charge is -2.09. The minimum absolute atomic E-state index is 0.0456. The van der Waals surface area contributed by atoms with Crippen LogP contribution in [0.3, 0.4) is 0 Å². The first-order valence-electron chi connectivity index (χ1n) is 6.60. The number of carbonyl (C=O) groups is 1. The van der Waals surface area contributed by atoms with Crippen molar-refractivity contribution >= 4 is 31.9 Å². The fraction of sp³-hybridized carbons (Fsp3) is 0.267. The second-order valence-corrected chi connectivity index (χ2v) is 7.57. The summed E-state index contributed by atoms with van der Waals surface area (Å²) in [6, 6.07) is 8.05. The van der Waals surface area contributed by atoms with Crippen LogP contribution in [0.4, 0.5) is 0 Å². The van der Waals surface area contributed by atoms with Gasteiger partial charge < -0.3 is 4.74 Å². The summed E-state index contributed by atoms with van der Waals surface area (Å²) in [6.45, 7) is 3.76. The Labute approximate surface area is 138 Å². The second kappa shape index (κ2) is 6.26. The van der Waals surface area contributed by atoms with E-state index in [0.29, 0.717) is 10.2 Å². The number of methoxy groups -OCH3 is 1. The topological polar surface area (TPSA) is 65.4 Å². The van der Waals surface area contributed by atoms with Gasteiger partial charge in [0.2, 0.25) is 0 Å². The fourth-order valence-corrected chi connectivity index (χ4v) is 4.80. The maximum Gasteiger partial charge on any atom is 0.339 e. The van der Waals surface area contributed by atoms with E-state index in [9.17, 15) is 13.2 Å². The zero-order chi connectivity index (χ0) is 16.5. The van der Waals surface area contributed by atoms with Gasteiger partial charge in [-0.1, -0.05) is 32.0 Å². The van der Waals surface area contributed by atoms with E-state index in [0.717, 1.165) is 3.97 Å². The molecule has 0 N–H and O–H groups in total. The summed E-state index contributed by atoms with van der Waals surface area (Å²) in [5, 5.41) is 0. The molecule has 1 aromatic heterocycles. The Bertz CT molecular complexity index is 794. The van der Waals surface area contributed by atoms with Crippen LogP contribution in [-0.2, 0) is 14.8 Å². The van der Waals surface area contributed by atoms with E-state index in [2.05, 4.69) is 15.9 Å². The molecule has 0 amide bonds. The van der Waals surface area contributed by atoms with Gasteiger partial charge in [-0.3, -0.25) is 0 Å². The third-order valence-electron chi connectivity index (χ3n) is 3.23. The van der Waals surface area contributed by atoms with Gasteiger partial charge in [0.15, 0.2) is 0 Å². The highest BCUT2D eigenvalue weighted by Crippen LogP contribution is 2.33. The first-order chi connectivity index (χ1) is 10.3. The van der Waals surface area contributed by atoms with Gasteiger partial charge in [-0.15, -0.1) is 0 Å². The van der Waals surface area contributed by atoms with Crippen molar-refractivity contribution < 1.29 is 17.9 Å². The summed E-state index contributed by atoms with van der Waals surface area (Å²) in [7, 11) is -2.52. The van der Waals surface area contributed by atoms with Gasteiger partial charge in [0, 0.05) is 11.8 Å². The number of ether oxygens (including phenoxy) is 1. The number of hydrogen-bond acceptors (Lipinski definition) is 4. The molecule has 0 radical (unpaired) electrons. The molecule has 0 unspecified atom stereocenters. The molecule has 0 bridgehead atoms. The maximum atomic E-state index is 12.7. The Morgan fingerprint density at radius 3 is 2.32 bits per heavy atom. The number of nitrogens with zero attached hydrogens (tertiary/aromatic N) is 1. The molecule has 2 aromatic rings. The molecule has 0 saturated heterocycles. The molecule has 0 fully saturated rings. The smallest absolute Gasteiger partial charge is 0.339 e. The second-order valence-electron chi connectivity index (χ2n) is 5.01. The van der Waals surface area contributed by atoms with Crippen LogP contribution in [0.15, 0.2) is 46.0 Å². The number of esters is 1. The van der Waals surface area contributed by atoms with E-state index in [1.807, 2.05) is 13.8 Å². The van der Waals surface area contributed by atoms with Gasteiger partial charge in [-0.25, -0.2) is 17.2 Å². The average Bonchev–Trinajstić information content (AvgIpc) is 2.85. The van der Waals surface area contributed by atoms with Crippen LogP contribution in [-0.4, -0.2) is 25.5 Å². The highest BCUT2D eigenvalue weighted by atomic mass is 79.9. The minimum atomic E-state index is -3.78. The SMILES string of the molecule is COC(=O)c1cn(S(=O)(=O)c2ccccc2)c(Br)c1C(C)C. The Balaban J connectivity index is 2.70. The Morgan fingerprint density at radius 2 is 1.82 bits per heavy atom. The van der Waals surface area contributed by atoms with Crippen LogP contribution in [0.25, 0.3) is 0 Å². The molecule has 1 heterocycles. The quantitative estimate of drug-likeness (QED) is 0.756. The maximum absolute atomic E-state index is 12.7. The molecule has 2 rings (SSSR count). The third kappa shape index (κ3) is 2.83. The fourth-order valence-electron chi connectivity index (χ4n) is 2.18. The highest BCUT2D eigenvalue weighted by molar-refractivity contribution is 9.10. The lowest BCUT2D eigenvalue weighted by Crippen LogP contribution is -2.12. The van der Waals surface area contributed by atoms with E-state index in [4.69, 9.17) is 4.74 Å². The molecule has 0 atom stereocenters. The number of benzene rings is 1. The summed E-state index contributed by atoms with van der Waals surface area (Å²) in [6.07, 6.45) is 1.30. The van der Waals surface area contributed by atoms with Crippen molar-refractivity contribution in [3.63, 3.8) is 0 Å². The van der Waals surface area contributed by atoms with Gasteiger partial charge in [0.25, 0.3) is 10.0 Å². The summed E-state index contributed by atoms with van der Waals surface area (Å²) in [5.41, 5.74) is 0.843. The van der Waals surface area contributed by atoms with Crippen molar-refractivity contribution in [2.75, 3.05) is 7.11 Å². The summed E-state index contributed by atoms with van der Waals surface area (Å²) < 4.78 is 31.6. The van der Waals surface area contributed by atoms with Gasteiger partial charge in [-0.05, 0) is 34.0 Å². The number of rotatable bonds is 4. The van der Waals surface area contributed by atoms with E-state index in [1.54, 1.807) is 18.2 Å². The van der Waals surface area contributed by atoms with Crippen molar-refractivity contribution in [3.05, 3.63) is 52.3 Å². The normalized spacial score (nSPS) is 11.7. The van der Waals surface area contributed by atoms with E-state index >= 15 is 0 Å². The monoisotopic (exact) mass is 385 g/mol. The number of hydrogen-bond donors (Lipinski definition) is 0. The Hall–Kier alpha value is -1.60. The van der Waals surface area contributed by atoms with Crippen molar-refractivity contribution in [1.82, 2.24) is 3.97 Å². The van der Waals surface area contributed by atoms with Crippen LogP contribution in [0.2, 0.25) is 0 Å². The zero-order valence-electron chi connectivity index (χ0n) is 12.4. The van der Waals surface area contributed by atoms with Gasteiger partial charge in [-0.2, -0.15) is 0 Å². The molecule has 0 spiro atoms. The van der Waals surface area contributed by atoms with Gasteiger partial charge in [0.1, 0.15) is 4.60 Å².